The molecule has 222 valence electrons. The first-order valence-electron chi connectivity index (χ1n) is 14.0. The van der Waals surface area contributed by atoms with E-state index in [0.29, 0.717) is 19.4 Å². The highest BCUT2D eigenvalue weighted by Gasteiger charge is 2.75. The SMILES string of the molecule is O=C(NCCO)[C@H]1CCCN1C(=O)[C@@]12C[C@H]3OC(=O)[C@@H]1N(Cc1ccc(C=COCCO)cc1)O[C@@H]2[C@H]1OCO[C@H]13. The summed E-state index contributed by atoms with van der Waals surface area (Å²) in [6, 6.07) is 5.82. The van der Waals surface area contributed by atoms with Crippen LogP contribution in [0.2, 0.25) is 0 Å². The van der Waals surface area contributed by atoms with Crippen molar-refractivity contribution < 1.29 is 48.4 Å². The summed E-state index contributed by atoms with van der Waals surface area (Å²) < 4.78 is 22.7. The number of ether oxygens (including phenoxy) is 4. The Kier molecular flexibility index (Phi) is 7.99. The van der Waals surface area contributed by atoms with Gasteiger partial charge in [-0.3, -0.25) is 19.2 Å². The fourth-order valence-corrected chi connectivity index (χ4v) is 6.82. The van der Waals surface area contributed by atoms with Crippen LogP contribution >= 0.6 is 0 Å². The molecular weight excluding hydrogens is 538 g/mol. The van der Waals surface area contributed by atoms with Crippen molar-refractivity contribution in [2.75, 3.05) is 39.7 Å². The summed E-state index contributed by atoms with van der Waals surface area (Å²) in [6.45, 7) is 0.625. The lowest BCUT2D eigenvalue weighted by Gasteiger charge is -2.50. The quantitative estimate of drug-likeness (QED) is 0.185. The summed E-state index contributed by atoms with van der Waals surface area (Å²) in [5.74, 6) is -1.21. The fraction of sp³-hybridized carbons (Fsp3) is 0.607. The Hall–Kier alpha value is -3.07. The van der Waals surface area contributed by atoms with Gasteiger partial charge in [-0.1, -0.05) is 24.3 Å². The Labute approximate surface area is 236 Å². The lowest BCUT2D eigenvalue weighted by molar-refractivity contribution is -0.204. The van der Waals surface area contributed by atoms with E-state index in [1.54, 1.807) is 11.0 Å². The van der Waals surface area contributed by atoms with Crippen molar-refractivity contribution in [3.05, 3.63) is 41.7 Å². The maximum Gasteiger partial charge on any atom is 0.327 e. The number of carbonyl (C=O) groups excluding carboxylic acids is 3. The molecule has 0 unspecified atom stereocenters. The summed E-state index contributed by atoms with van der Waals surface area (Å²) >= 11 is 0. The Morgan fingerprint density at radius 3 is 2.73 bits per heavy atom. The predicted octanol–water partition coefficient (Wildman–Crippen LogP) is -0.693. The molecule has 13 nitrogen and oxygen atoms in total. The molecule has 1 aliphatic carbocycles. The molecular formula is C28H35N3O10. The Morgan fingerprint density at radius 1 is 1.15 bits per heavy atom. The third kappa shape index (κ3) is 4.90. The van der Waals surface area contributed by atoms with Crippen molar-refractivity contribution in [2.24, 2.45) is 5.41 Å². The number of hydrogen-bond donors (Lipinski definition) is 3. The van der Waals surface area contributed by atoms with Crippen molar-refractivity contribution >= 4 is 23.9 Å². The second kappa shape index (κ2) is 11.7. The Morgan fingerprint density at radius 2 is 1.95 bits per heavy atom. The molecule has 2 bridgehead atoms. The average molecular weight is 574 g/mol. The molecule has 1 aromatic carbocycles. The monoisotopic (exact) mass is 573 g/mol. The van der Waals surface area contributed by atoms with E-state index in [0.717, 1.165) is 11.1 Å². The van der Waals surface area contributed by atoms with Crippen LogP contribution in [-0.4, -0.2) is 114 Å². The Balaban J connectivity index is 1.29. The number of aliphatic hydroxyl groups is 2. The minimum atomic E-state index is -1.32. The van der Waals surface area contributed by atoms with Crippen LogP contribution in [0.4, 0.5) is 0 Å². The number of fused-ring (bicyclic) bond motifs is 4. The molecule has 3 N–H and O–H groups in total. The normalized spacial score (nSPS) is 34.1. The van der Waals surface area contributed by atoms with E-state index >= 15 is 0 Å². The minimum Gasteiger partial charge on any atom is -0.499 e. The molecule has 0 spiro atoms. The van der Waals surface area contributed by atoms with Gasteiger partial charge in [0.05, 0.1) is 26.0 Å². The van der Waals surface area contributed by atoms with E-state index in [1.807, 2.05) is 24.3 Å². The molecule has 4 heterocycles. The second-order valence-electron chi connectivity index (χ2n) is 10.9. The lowest BCUT2D eigenvalue weighted by Crippen LogP contribution is -2.70. The van der Waals surface area contributed by atoms with Crippen molar-refractivity contribution in [2.45, 2.75) is 62.3 Å². The number of nitrogens with one attached hydrogen (secondary N) is 1. The molecule has 4 aliphatic heterocycles. The van der Waals surface area contributed by atoms with Gasteiger partial charge < -0.3 is 39.4 Å². The van der Waals surface area contributed by atoms with Gasteiger partial charge in [0, 0.05) is 19.5 Å². The van der Waals surface area contributed by atoms with Gasteiger partial charge in [0.1, 0.15) is 49.3 Å². The van der Waals surface area contributed by atoms with Crippen molar-refractivity contribution in [3.8, 4) is 0 Å². The van der Waals surface area contributed by atoms with Crippen molar-refractivity contribution in [1.82, 2.24) is 15.3 Å². The van der Waals surface area contributed by atoms with Crippen LogP contribution in [0.25, 0.3) is 6.08 Å². The third-order valence-corrected chi connectivity index (χ3v) is 8.58. The highest BCUT2D eigenvalue weighted by Crippen LogP contribution is 2.56. The number of rotatable bonds is 10. The van der Waals surface area contributed by atoms with Gasteiger partial charge in [-0.15, -0.1) is 0 Å². The first-order chi connectivity index (χ1) is 20.0. The van der Waals surface area contributed by atoms with Gasteiger partial charge in [0.2, 0.25) is 11.8 Å². The number of aliphatic hydroxyl groups excluding tert-OH is 2. The van der Waals surface area contributed by atoms with E-state index in [4.69, 9.17) is 34.0 Å². The molecule has 13 heteroatoms. The molecule has 5 fully saturated rings. The molecule has 0 radical (unpaired) electrons. The van der Waals surface area contributed by atoms with E-state index in [1.165, 1.54) is 11.3 Å². The van der Waals surface area contributed by atoms with Crippen molar-refractivity contribution in [3.63, 3.8) is 0 Å². The van der Waals surface area contributed by atoms with E-state index in [-0.39, 0.29) is 57.9 Å². The van der Waals surface area contributed by atoms with E-state index < -0.39 is 47.9 Å². The number of hydroxylamine groups is 2. The summed E-state index contributed by atoms with van der Waals surface area (Å²) in [6.07, 6.45) is 1.98. The number of hydrogen-bond acceptors (Lipinski definition) is 11. The summed E-state index contributed by atoms with van der Waals surface area (Å²) in [4.78, 5) is 49.1. The minimum absolute atomic E-state index is 0.00504. The number of esters is 1. The molecule has 4 saturated heterocycles. The number of amides is 2. The van der Waals surface area contributed by atoms with Crippen LogP contribution in [-0.2, 0) is 44.7 Å². The maximum absolute atomic E-state index is 14.6. The van der Waals surface area contributed by atoms with Crippen LogP contribution in [0.1, 0.15) is 30.4 Å². The molecule has 41 heavy (non-hydrogen) atoms. The topological polar surface area (TPSA) is 156 Å². The number of nitrogens with zero attached hydrogens (tertiary/aromatic N) is 2. The molecule has 0 aromatic heterocycles. The predicted molar refractivity (Wildman–Crippen MR) is 139 cm³/mol. The number of likely N-dealkylation sites (tertiary alicyclic amines) is 1. The molecule has 7 atom stereocenters. The van der Waals surface area contributed by atoms with E-state index in [2.05, 4.69) is 5.32 Å². The molecule has 6 rings (SSSR count). The largest absolute Gasteiger partial charge is 0.499 e. The average Bonchev–Trinajstić information content (AvgIpc) is 3.73. The van der Waals surface area contributed by atoms with Crippen LogP contribution in [0.3, 0.4) is 0 Å². The van der Waals surface area contributed by atoms with Crippen LogP contribution in [0.15, 0.2) is 30.5 Å². The molecule has 1 aromatic rings. The third-order valence-electron chi connectivity index (χ3n) is 8.58. The van der Waals surface area contributed by atoms with Gasteiger partial charge >= 0.3 is 5.97 Å². The van der Waals surface area contributed by atoms with Gasteiger partial charge in [0.25, 0.3) is 0 Å². The van der Waals surface area contributed by atoms with Crippen LogP contribution in [0.5, 0.6) is 0 Å². The zero-order chi connectivity index (χ0) is 28.6. The first-order valence-corrected chi connectivity index (χ1v) is 14.0. The van der Waals surface area contributed by atoms with Gasteiger partial charge in [0.15, 0.2) is 6.04 Å². The number of carbonyl (C=O) groups is 3. The van der Waals surface area contributed by atoms with Gasteiger partial charge in [-0.2, -0.15) is 5.06 Å². The summed E-state index contributed by atoms with van der Waals surface area (Å²) in [5.41, 5.74) is 0.409. The van der Waals surface area contributed by atoms with Crippen molar-refractivity contribution in [1.29, 1.82) is 0 Å². The molecule has 5 aliphatic rings. The summed E-state index contributed by atoms with van der Waals surface area (Å²) in [5, 5.41) is 22.2. The maximum atomic E-state index is 14.6. The van der Waals surface area contributed by atoms with Gasteiger partial charge in [-0.05, 0) is 30.0 Å². The smallest absolute Gasteiger partial charge is 0.327 e. The molecule has 1 saturated carbocycles. The highest BCUT2D eigenvalue weighted by molar-refractivity contribution is 5.96. The standard InChI is InChI=1S/C28H35N3O10/c32-10-8-29-25(34)19-2-1-9-30(19)27(36)28-14-20-21-22(39-16-38-21)24(28)41-31(23(28)26(35)40-20)15-18-5-3-17(4-6-18)7-12-37-13-11-33/h3-7,12,19-24,32-33H,1-2,8-11,13-16H2,(H,29,34)/t19-,20-,21+,22+,23+,24-,28+/m1/s1. The van der Waals surface area contributed by atoms with Gasteiger partial charge in [-0.25, -0.2) is 0 Å². The Bertz CT molecular complexity index is 1180. The molecule has 2 amide bonds. The van der Waals surface area contributed by atoms with E-state index in [9.17, 15) is 14.4 Å². The lowest BCUT2D eigenvalue weighted by atomic mass is 9.62. The van der Waals surface area contributed by atoms with Crippen LogP contribution in [0, 0.1) is 5.41 Å². The zero-order valence-electron chi connectivity index (χ0n) is 22.6. The first kappa shape index (κ1) is 28.1. The fourth-order valence-electron chi connectivity index (χ4n) is 6.82. The second-order valence-corrected chi connectivity index (χ2v) is 10.9. The van der Waals surface area contributed by atoms with Crippen LogP contribution < -0.4 is 5.32 Å². The highest BCUT2D eigenvalue weighted by atomic mass is 16.8. The number of benzene rings is 1. The zero-order valence-corrected chi connectivity index (χ0v) is 22.6. The summed E-state index contributed by atoms with van der Waals surface area (Å²) in [7, 11) is 0.